The van der Waals surface area contributed by atoms with Gasteiger partial charge in [0.2, 0.25) is 0 Å². The van der Waals surface area contributed by atoms with Gasteiger partial charge >= 0.3 is 0 Å². The first-order valence-electron chi connectivity index (χ1n) is 8.24. The van der Waals surface area contributed by atoms with Crippen LogP contribution in [0.2, 0.25) is 5.02 Å². The highest BCUT2D eigenvalue weighted by molar-refractivity contribution is 9.10. The number of anilines is 1. The van der Waals surface area contributed by atoms with Gasteiger partial charge in [0.15, 0.2) is 17.0 Å². The van der Waals surface area contributed by atoms with Gasteiger partial charge in [-0.1, -0.05) is 29.4 Å². The van der Waals surface area contributed by atoms with Crippen molar-refractivity contribution in [2.45, 2.75) is 19.3 Å². The molecule has 142 valence electrons. The Morgan fingerprint density at radius 1 is 1.41 bits per heavy atom. The summed E-state index contributed by atoms with van der Waals surface area (Å²) in [6.45, 7) is 4.24. The molecule has 1 aliphatic rings. The molecule has 1 atom stereocenters. The first-order valence-corrected chi connectivity index (χ1v) is 10.3. The van der Waals surface area contributed by atoms with Crippen molar-refractivity contribution < 1.29 is 14.6 Å². The maximum atomic E-state index is 12.3. The molecule has 27 heavy (non-hydrogen) atoms. The second-order valence-corrected chi connectivity index (χ2v) is 8.30. The van der Waals surface area contributed by atoms with Crippen LogP contribution in [0.1, 0.15) is 18.1 Å². The van der Waals surface area contributed by atoms with Gasteiger partial charge in [-0.2, -0.15) is 0 Å². The summed E-state index contributed by atoms with van der Waals surface area (Å²) < 4.78 is 5.94. The number of aryl methyl sites for hydroxylation is 1. The lowest BCUT2D eigenvalue weighted by atomic mass is 10.2. The highest BCUT2D eigenvalue weighted by Crippen LogP contribution is 2.38. The third kappa shape index (κ3) is 4.72. The molecule has 5 nitrogen and oxygen atoms in total. The second-order valence-electron chi connectivity index (χ2n) is 5.87. The van der Waals surface area contributed by atoms with Gasteiger partial charge in [0.05, 0.1) is 16.0 Å². The number of aromatic hydroxyl groups is 1. The van der Waals surface area contributed by atoms with E-state index < -0.39 is 0 Å². The first-order chi connectivity index (χ1) is 12.9. The Bertz CT molecular complexity index is 920. The van der Waals surface area contributed by atoms with E-state index in [0.29, 0.717) is 26.8 Å². The van der Waals surface area contributed by atoms with Crippen molar-refractivity contribution in [2.75, 3.05) is 11.9 Å². The molecule has 2 aromatic carbocycles. The Morgan fingerprint density at radius 2 is 2.19 bits per heavy atom. The Kier molecular flexibility index (Phi) is 6.24. The van der Waals surface area contributed by atoms with Crippen molar-refractivity contribution in [1.29, 1.82) is 0 Å². The van der Waals surface area contributed by atoms with E-state index >= 15 is 0 Å². The zero-order valence-corrected chi connectivity index (χ0v) is 17.8. The fourth-order valence-corrected chi connectivity index (χ4v) is 4.16. The normalized spacial score (nSPS) is 17.9. The molecule has 1 amide bonds. The number of ether oxygens (including phenoxy) is 1. The standard InChI is InChI=1S/C19H18BrClN2O3S/c1-3-26-15-7-11(6-13(20)17(15)24)8-16-18(25)23-19(27-16)22-14-9-12(21)5-4-10(14)2/h4-9,19,22,24H,3H2,1-2H3,(H,23,25)/b16-8-. The van der Waals surface area contributed by atoms with Crippen LogP contribution in [0.3, 0.4) is 0 Å². The number of hydrogen-bond acceptors (Lipinski definition) is 5. The Morgan fingerprint density at radius 3 is 2.93 bits per heavy atom. The third-order valence-corrected chi connectivity index (χ3v) is 5.73. The Balaban J connectivity index is 1.80. The average Bonchev–Trinajstić information content (AvgIpc) is 2.95. The number of benzene rings is 2. The zero-order valence-electron chi connectivity index (χ0n) is 14.7. The minimum atomic E-state index is -0.298. The molecule has 1 aliphatic heterocycles. The van der Waals surface area contributed by atoms with Crippen LogP contribution in [-0.2, 0) is 4.79 Å². The maximum absolute atomic E-state index is 12.3. The lowest BCUT2D eigenvalue weighted by Crippen LogP contribution is -2.31. The molecular weight excluding hydrogens is 452 g/mol. The molecule has 3 rings (SSSR count). The lowest BCUT2D eigenvalue weighted by molar-refractivity contribution is -0.116. The highest BCUT2D eigenvalue weighted by atomic mass is 79.9. The van der Waals surface area contributed by atoms with Crippen LogP contribution < -0.4 is 15.4 Å². The minimum absolute atomic E-state index is 0.0403. The SMILES string of the molecule is CCOc1cc(/C=C2\SC(Nc3cc(Cl)ccc3C)NC2=O)cc(Br)c1O. The van der Waals surface area contributed by atoms with Gasteiger partial charge in [0.1, 0.15) is 0 Å². The van der Waals surface area contributed by atoms with E-state index in [4.69, 9.17) is 16.3 Å². The average molecular weight is 470 g/mol. The predicted octanol–water partition coefficient (Wildman–Crippen LogP) is 5.11. The molecule has 0 saturated carbocycles. The summed E-state index contributed by atoms with van der Waals surface area (Å²) in [5.41, 5.74) is 2.36. The van der Waals surface area contributed by atoms with E-state index in [1.165, 1.54) is 11.8 Å². The molecule has 0 radical (unpaired) electrons. The van der Waals surface area contributed by atoms with E-state index in [-0.39, 0.29) is 17.2 Å². The second kappa shape index (κ2) is 8.46. The van der Waals surface area contributed by atoms with Gasteiger partial charge in [-0.3, -0.25) is 4.79 Å². The van der Waals surface area contributed by atoms with E-state index in [0.717, 1.165) is 16.8 Å². The number of thioether (sulfide) groups is 1. The molecule has 2 aromatic rings. The molecule has 0 spiro atoms. The van der Waals surface area contributed by atoms with Crippen molar-refractivity contribution in [2.24, 2.45) is 0 Å². The Labute approximate surface area is 175 Å². The molecule has 3 N–H and O–H groups in total. The zero-order chi connectivity index (χ0) is 19.6. The summed E-state index contributed by atoms with van der Waals surface area (Å²) in [5.74, 6) is 0.240. The molecule has 1 unspecified atom stereocenters. The molecule has 0 bridgehead atoms. The topological polar surface area (TPSA) is 70.6 Å². The van der Waals surface area contributed by atoms with Gasteiger partial charge < -0.3 is 20.5 Å². The molecule has 0 aromatic heterocycles. The number of amides is 1. The number of carbonyl (C=O) groups is 1. The maximum Gasteiger partial charge on any atom is 0.260 e. The largest absolute Gasteiger partial charge is 0.503 e. The number of hydrogen-bond donors (Lipinski definition) is 3. The van der Waals surface area contributed by atoms with E-state index in [1.807, 2.05) is 32.0 Å². The molecule has 1 heterocycles. The fourth-order valence-electron chi connectivity index (χ4n) is 2.55. The molecule has 0 aliphatic carbocycles. The summed E-state index contributed by atoms with van der Waals surface area (Å²) in [7, 11) is 0. The van der Waals surface area contributed by atoms with Crippen molar-refractivity contribution in [3.8, 4) is 11.5 Å². The number of phenols is 1. The summed E-state index contributed by atoms with van der Waals surface area (Å²) >= 11 is 10.7. The van der Waals surface area contributed by atoms with Crippen LogP contribution in [0.4, 0.5) is 5.69 Å². The number of phenolic OH excluding ortho intramolecular Hbond substituents is 1. The number of carbonyl (C=O) groups excluding carboxylic acids is 1. The highest BCUT2D eigenvalue weighted by Gasteiger charge is 2.27. The summed E-state index contributed by atoms with van der Waals surface area (Å²) in [4.78, 5) is 12.9. The molecule has 8 heteroatoms. The summed E-state index contributed by atoms with van der Waals surface area (Å²) in [6, 6.07) is 9.02. The summed E-state index contributed by atoms with van der Waals surface area (Å²) in [5, 5.41) is 16.8. The van der Waals surface area contributed by atoms with Crippen LogP contribution in [0.15, 0.2) is 39.7 Å². The van der Waals surface area contributed by atoms with Crippen molar-refractivity contribution in [1.82, 2.24) is 5.32 Å². The molecular formula is C19H18BrClN2O3S. The van der Waals surface area contributed by atoms with Gasteiger partial charge in [0.25, 0.3) is 5.91 Å². The summed E-state index contributed by atoms with van der Waals surface area (Å²) in [6.07, 6.45) is 1.76. The van der Waals surface area contributed by atoms with Crippen molar-refractivity contribution in [3.63, 3.8) is 0 Å². The number of halogens is 2. The lowest BCUT2D eigenvalue weighted by Gasteiger charge is -2.15. The van der Waals surface area contributed by atoms with Crippen LogP contribution in [-0.4, -0.2) is 23.1 Å². The van der Waals surface area contributed by atoms with Gasteiger partial charge in [-0.25, -0.2) is 0 Å². The minimum Gasteiger partial charge on any atom is -0.503 e. The van der Waals surface area contributed by atoms with Gasteiger partial charge in [0, 0.05) is 10.7 Å². The quantitative estimate of drug-likeness (QED) is 0.531. The monoisotopic (exact) mass is 468 g/mol. The van der Waals surface area contributed by atoms with Crippen LogP contribution in [0.25, 0.3) is 6.08 Å². The first kappa shape index (κ1) is 19.9. The van der Waals surface area contributed by atoms with E-state index in [1.54, 1.807) is 18.2 Å². The van der Waals surface area contributed by atoms with E-state index in [2.05, 4.69) is 26.6 Å². The molecule has 1 fully saturated rings. The van der Waals surface area contributed by atoms with Crippen LogP contribution in [0.5, 0.6) is 11.5 Å². The van der Waals surface area contributed by atoms with Crippen LogP contribution >= 0.6 is 39.3 Å². The van der Waals surface area contributed by atoms with Gasteiger partial charge in [-0.05, 0) is 71.2 Å². The third-order valence-electron chi connectivity index (χ3n) is 3.87. The van der Waals surface area contributed by atoms with E-state index in [9.17, 15) is 9.90 Å². The van der Waals surface area contributed by atoms with Crippen molar-refractivity contribution in [3.05, 3.63) is 55.9 Å². The number of nitrogens with one attached hydrogen (secondary N) is 2. The van der Waals surface area contributed by atoms with Crippen molar-refractivity contribution >= 4 is 57.0 Å². The predicted molar refractivity (Wildman–Crippen MR) is 114 cm³/mol. The van der Waals surface area contributed by atoms with Crippen LogP contribution in [0, 0.1) is 6.92 Å². The van der Waals surface area contributed by atoms with Gasteiger partial charge in [-0.15, -0.1) is 0 Å². The molecule has 1 saturated heterocycles. The fraction of sp³-hybridized carbons (Fsp3) is 0.211. The number of rotatable bonds is 5. The Hall–Kier alpha value is -1.83. The smallest absolute Gasteiger partial charge is 0.260 e.